The van der Waals surface area contributed by atoms with Crippen LogP contribution < -0.4 is 0 Å². The summed E-state index contributed by atoms with van der Waals surface area (Å²) in [5.74, 6) is 0. The number of carbonyl (C=O) groups excluding carboxylic acids is 1. The van der Waals surface area contributed by atoms with Gasteiger partial charge in [-0.1, -0.05) is 36.4 Å². The minimum absolute atomic E-state index is 0.288. The summed E-state index contributed by atoms with van der Waals surface area (Å²) in [5, 5.41) is 0. The standard InChI is InChI=1S/C22H33NO4/c1-8-14-22(7,26-15-17-12-10-9-11-13-17)18-16-25-21(5,6)23(18)19(24)27-20(2,3)4/h8-13,18H,1,14-16H2,2-7H3/t18-,22+/m0/s1. The molecule has 2 rings (SSSR count). The molecule has 0 aliphatic carbocycles. The van der Waals surface area contributed by atoms with Gasteiger partial charge in [-0.25, -0.2) is 4.79 Å². The first-order chi connectivity index (χ1) is 12.5. The molecule has 1 fully saturated rings. The molecular formula is C22H33NO4. The van der Waals surface area contributed by atoms with E-state index in [0.717, 1.165) is 5.56 Å². The van der Waals surface area contributed by atoms with Crippen molar-refractivity contribution in [1.82, 2.24) is 4.90 Å². The van der Waals surface area contributed by atoms with Crippen LogP contribution in [-0.2, 0) is 20.8 Å². The van der Waals surface area contributed by atoms with E-state index in [2.05, 4.69) is 6.58 Å². The van der Waals surface area contributed by atoms with Gasteiger partial charge in [0.1, 0.15) is 11.3 Å². The lowest BCUT2D eigenvalue weighted by atomic mass is 9.91. The molecule has 1 heterocycles. The molecule has 1 aromatic carbocycles. The first-order valence-corrected chi connectivity index (χ1v) is 9.43. The van der Waals surface area contributed by atoms with E-state index in [1.807, 2.05) is 78.0 Å². The van der Waals surface area contributed by atoms with Crippen molar-refractivity contribution in [2.24, 2.45) is 0 Å². The molecule has 2 atom stereocenters. The van der Waals surface area contributed by atoms with Crippen LogP contribution >= 0.6 is 0 Å². The van der Waals surface area contributed by atoms with Crippen molar-refractivity contribution in [2.75, 3.05) is 6.61 Å². The summed E-state index contributed by atoms with van der Waals surface area (Å²) in [6.45, 7) is 16.0. The van der Waals surface area contributed by atoms with Crippen molar-refractivity contribution in [1.29, 1.82) is 0 Å². The number of rotatable bonds is 6. The van der Waals surface area contributed by atoms with Crippen molar-refractivity contribution >= 4 is 6.09 Å². The molecule has 0 bridgehead atoms. The summed E-state index contributed by atoms with van der Waals surface area (Å²) >= 11 is 0. The van der Waals surface area contributed by atoms with Crippen LogP contribution in [0.3, 0.4) is 0 Å². The van der Waals surface area contributed by atoms with Gasteiger partial charge in [0.25, 0.3) is 0 Å². The van der Waals surface area contributed by atoms with Crippen LogP contribution in [0.15, 0.2) is 43.0 Å². The van der Waals surface area contributed by atoms with Gasteiger partial charge in [0, 0.05) is 0 Å². The van der Waals surface area contributed by atoms with Crippen LogP contribution in [0.5, 0.6) is 0 Å². The van der Waals surface area contributed by atoms with Crippen LogP contribution in [0.1, 0.15) is 53.5 Å². The molecule has 0 aromatic heterocycles. The van der Waals surface area contributed by atoms with Crippen molar-refractivity contribution in [2.45, 2.75) is 77.5 Å². The van der Waals surface area contributed by atoms with E-state index < -0.39 is 23.0 Å². The van der Waals surface area contributed by atoms with Crippen LogP contribution in [0.25, 0.3) is 0 Å². The van der Waals surface area contributed by atoms with Crippen LogP contribution in [-0.4, -0.2) is 40.6 Å². The van der Waals surface area contributed by atoms with Crippen molar-refractivity contribution in [3.05, 3.63) is 48.6 Å². The summed E-state index contributed by atoms with van der Waals surface area (Å²) in [5.41, 5.74) is -0.928. The van der Waals surface area contributed by atoms with Gasteiger partial charge in [0.05, 0.1) is 24.9 Å². The maximum absolute atomic E-state index is 13.0. The Hall–Kier alpha value is -1.85. The first-order valence-electron chi connectivity index (χ1n) is 9.43. The zero-order chi connectivity index (χ0) is 20.3. The maximum atomic E-state index is 13.0. The number of ether oxygens (including phenoxy) is 3. The molecule has 27 heavy (non-hydrogen) atoms. The maximum Gasteiger partial charge on any atom is 0.413 e. The lowest BCUT2D eigenvalue weighted by Crippen LogP contribution is -2.58. The number of carbonyl (C=O) groups is 1. The molecule has 1 saturated heterocycles. The molecule has 0 spiro atoms. The third-order valence-electron chi connectivity index (χ3n) is 4.74. The van der Waals surface area contributed by atoms with E-state index in [-0.39, 0.29) is 6.04 Å². The fourth-order valence-corrected chi connectivity index (χ4v) is 3.31. The second-order valence-electron chi connectivity index (χ2n) is 8.70. The van der Waals surface area contributed by atoms with Crippen molar-refractivity contribution < 1.29 is 19.0 Å². The van der Waals surface area contributed by atoms with Gasteiger partial charge in [-0.2, -0.15) is 0 Å². The Morgan fingerprint density at radius 1 is 1.30 bits per heavy atom. The Kier molecular flexibility index (Phi) is 6.38. The quantitative estimate of drug-likeness (QED) is 0.663. The van der Waals surface area contributed by atoms with E-state index in [4.69, 9.17) is 14.2 Å². The highest BCUT2D eigenvalue weighted by Crippen LogP contribution is 2.38. The summed E-state index contributed by atoms with van der Waals surface area (Å²) in [4.78, 5) is 14.6. The van der Waals surface area contributed by atoms with Gasteiger partial charge in [-0.15, -0.1) is 6.58 Å². The fraction of sp³-hybridized carbons (Fsp3) is 0.591. The number of nitrogens with zero attached hydrogens (tertiary/aromatic N) is 1. The zero-order valence-electron chi connectivity index (χ0n) is 17.5. The van der Waals surface area contributed by atoms with Gasteiger partial charge < -0.3 is 14.2 Å². The summed E-state index contributed by atoms with van der Waals surface area (Å²) in [6, 6.07) is 9.70. The molecule has 1 aliphatic heterocycles. The lowest BCUT2D eigenvalue weighted by molar-refractivity contribution is -0.104. The third kappa shape index (κ3) is 5.33. The summed E-state index contributed by atoms with van der Waals surface area (Å²) in [6.07, 6.45) is 2.01. The molecule has 1 aromatic rings. The molecule has 150 valence electrons. The smallest absolute Gasteiger partial charge is 0.413 e. The number of benzene rings is 1. The van der Waals surface area contributed by atoms with Crippen molar-refractivity contribution in [3.63, 3.8) is 0 Å². The van der Waals surface area contributed by atoms with Crippen molar-refractivity contribution in [3.8, 4) is 0 Å². The molecule has 5 nitrogen and oxygen atoms in total. The lowest BCUT2D eigenvalue weighted by Gasteiger charge is -2.42. The minimum Gasteiger partial charge on any atom is -0.444 e. The van der Waals surface area contributed by atoms with Crippen LogP contribution in [0.4, 0.5) is 4.79 Å². The highest BCUT2D eigenvalue weighted by Gasteiger charge is 2.53. The van der Waals surface area contributed by atoms with Gasteiger partial charge in [0.15, 0.2) is 0 Å². The second-order valence-corrected chi connectivity index (χ2v) is 8.70. The zero-order valence-corrected chi connectivity index (χ0v) is 17.5. The summed E-state index contributed by atoms with van der Waals surface area (Å²) < 4.78 is 17.9. The Morgan fingerprint density at radius 3 is 2.48 bits per heavy atom. The highest BCUT2D eigenvalue weighted by atomic mass is 16.6. The SMILES string of the molecule is C=CC[C@@](C)(OCc1ccccc1)[C@@H]1COC(C)(C)N1C(=O)OC(C)(C)C. The Bertz CT molecular complexity index is 650. The van der Waals surface area contributed by atoms with Gasteiger partial charge in [-0.3, -0.25) is 4.90 Å². The Labute approximate surface area is 163 Å². The molecule has 0 radical (unpaired) electrons. The monoisotopic (exact) mass is 375 g/mol. The second kappa shape index (κ2) is 8.03. The molecule has 0 N–H and O–H groups in total. The normalized spacial score (nSPS) is 21.6. The van der Waals surface area contributed by atoms with E-state index in [9.17, 15) is 4.79 Å². The average Bonchev–Trinajstić information content (AvgIpc) is 2.89. The predicted molar refractivity (Wildman–Crippen MR) is 106 cm³/mol. The number of amides is 1. The molecule has 1 aliphatic rings. The third-order valence-corrected chi connectivity index (χ3v) is 4.74. The van der Waals surface area contributed by atoms with Crippen LogP contribution in [0, 0.1) is 0 Å². The topological polar surface area (TPSA) is 48.0 Å². The highest BCUT2D eigenvalue weighted by molar-refractivity contribution is 5.70. The molecule has 0 unspecified atom stereocenters. The summed E-state index contributed by atoms with van der Waals surface area (Å²) in [7, 11) is 0. The Morgan fingerprint density at radius 2 is 1.93 bits per heavy atom. The van der Waals surface area contributed by atoms with E-state index in [0.29, 0.717) is 19.6 Å². The van der Waals surface area contributed by atoms with Gasteiger partial charge >= 0.3 is 6.09 Å². The van der Waals surface area contributed by atoms with Crippen LogP contribution in [0.2, 0.25) is 0 Å². The molecule has 1 amide bonds. The van der Waals surface area contributed by atoms with E-state index in [1.165, 1.54) is 0 Å². The average molecular weight is 376 g/mol. The number of hydrogen-bond acceptors (Lipinski definition) is 4. The number of hydrogen-bond donors (Lipinski definition) is 0. The van der Waals surface area contributed by atoms with Gasteiger partial charge in [-0.05, 0) is 53.5 Å². The predicted octanol–water partition coefficient (Wildman–Crippen LogP) is 4.91. The minimum atomic E-state index is -0.772. The fourth-order valence-electron chi connectivity index (χ4n) is 3.31. The molecule has 5 heteroatoms. The first kappa shape index (κ1) is 21.5. The van der Waals surface area contributed by atoms with E-state index >= 15 is 0 Å². The van der Waals surface area contributed by atoms with Gasteiger partial charge in [0.2, 0.25) is 0 Å². The largest absolute Gasteiger partial charge is 0.444 e. The Balaban J connectivity index is 2.26. The molecular weight excluding hydrogens is 342 g/mol. The molecule has 0 saturated carbocycles. The van der Waals surface area contributed by atoms with E-state index in [1.54, 1.807) is 4.90 Å².